The third-order valence-electron chi connectivity index (χ3n) is 3.56. The van der Waals surface area contributed by atoms with Gasteiger partial charge in [-0.2, -0.15) is 0 Å². The van der Waals surface area contributed by atoms with Crippen LogP contribution in [0.5, 0.6) is 0 Å². The summed E-state index contributed by atoms with van der Waals surface area (Å²) < 4.78 is 1.06. The SMILES string of the molecule is CC1(C=C=O)CCCC1Nc1cccc(Br)c1. The van der Waals surface area contributed by atoms with Gasteiger partial charge in [0, 0.05) is 27.7 Å². The molecule has 1 aliphatic carbocycles. The fourth-order valence-electron chi connectivity index (χ4n) is 2.51. The summed E-state index contributed by atoms with van der Waals surface area (Å²) in [5, 5.41) is 3.52. The lowest BCUT2D eigenvalue weighted by Crippen LogP contribution is -2.32. The molecule has 1 N–H and O–H groups in total. The minimum atomic E-state index is -0.0654. The van der Waals surface area contributed by atoms with Crippen molar-refractivity contribution in [2.24, 2.45) is 5.41 Å². The molecule has 0 aliphatic heterocycles. The standard InChI is InChI=1S/C14H16BrNO/c1-14(8-9-17)7-3-6-13(14)16-12-5-2-4-11(15)10-12/h2,4-5,8,10,13,16H,3,6-7H2,1H3. The summed E-state index contributed by atoms with van der Waals surface area (Å²) in [6.45, 7) is 2.13. The first-order valence-corrected chi connectivity index (χ1v) is 6.67. The van der Waals surface area contributed by atoms with Gasteiger partial charge in [0.15, 0.2) is 0 Å². The minimum absolute atomic E-state index is 0.0654. The van der Waals surface area contributed by atoms with Gasteiger partial charge in [-0.1, -0.05) is 35.3 Å². The fraction of sp³-hybridized carbons (Fsp3) is 0.429. The Hall–Kier alpha value is -1.05. The van der Waals surface area contributed by atoms with Crippen molar-refractivity contribution in [3.63, 3.8) is 0 Å². The van der Waals surface area contributed by atoms with Crippen molar-refractivity contribution in [2.75, 3.05) is 5.32 Å². The van der Waals surface area contributed by atoms with E-state index in [0.29, 0.717) is 6.04 Å². The molecule has 1 aliphatic rings. The van der Waals surface area contributed by atoms with Crippen LogP contribution in [0.2, 0.25) is 0 Å². The van der Waals surface area contributed by atoms with Gasteiger partial charge in [-0.15, -0.1) is 0 Å². The van der Waals surface area contributed by atoms with E-state index >= 15 is 0 Å². The number of rotatable bonds is 3. The molecule has 0 spiro atoms. The first-order valence-electron chi connectivity index (χ1n) is 5.88. The van der Waals surface area contributed by atoms with Crippen LogP contribution in [0.25, 0.3) is 0 Å². The molecular formula is C14H16BrNO. The van der Waals surface area contributed by atoms with Crippen molar-refractivity contribution < 1.29 is 4.79 Å². The fourth-order valence-corrected chi connectivity index (χ4v) is 2.91. The van der Waals surface area contributed by atoms with Crippen molar-refractivity contribution >= 4 is 27.6 Å². The average Bonchev–Trinajstić information content (AvgIpc) is 2.61. The molecule has 0 saturated heterocycles. The molecule has 2 unspecified atom stereocenters. The van der Waals surface area contributed by atoms with Crippen LogP contribution in [0.3, 0.4) is 0 Å². The van der Waals surface area contributed by atoms with Crippen molar-refractivity contribution in [3.8, 4) is 0 Å². The highest BCUT2D eigenvalue weighted by Gasteiger charge is 2.37. The van der Waals surface area contributed by atoms with Gasteiger partial charge < -0.3 is 5.32 Å². The molecule has 2 nitrogen and oxygen atoms in total. The Morgan fingerprint density at radius 2 is 2.41 bits per heavy atom. The molecule has 0 heterocycles. The molecule has 1 aromatic rings. The van der Waals surface area contributed by atoms with Crippen LogP contribution in [-0.4, -0.2) is 12.0 Å². The van der Waals surface area contributed by atoms with Crippen molar-refractivity contribution in [1.29, 1.82) is 0 Å². The van der Waals surface area contributed by atoms with E-state index in [1.165, 1.54) is 0 Å². The topological polar surface area (TPSA) is 29.1 Å². The number of hydrogen-bond donors (Lipinski definition) is 1. The van der Waals surface area contributed by atoms with E-state index in [1.807, 2.05) is 24.1 Å². The minimum Gasteiger partial charge on any atom is -0.381 e. The Bertz CT molecular complexity index is 453. The predicted octanol–water partition coefficient (Wildman–Crippen LogP) is 3.81. The number of hydrogen-bond acceptors (Lipinski definition) is 2. The third-order valence-corrected chi connectivity index (χ3v) is 4.05. The summed E-state index contributed by atoms with van der Waals surface area (Å²) in [5.74, 6) is 1.95. The second kappa shape index (κ2) is 5.07. The van der Waals surface area contributed by atoms with Gasteiger partial charge in [-0.25, -0.2) is 4.79 Å². The number of nitrogens with one attached hydrogen (secondary N) is 1. The largest absolute Gasteiger partial charge is 0.381 e. The Morgan fingerprint density at radius 3 is 3.12 bits per heavy atom. The molecule has 17 heavy (non-hydrogen) atoms. The molecule has 1 fully saturated rings. The summed E-state index contributed by atoms with van der Waals surface area (Å²) >= 11 is 3.46. The third kappa shape index (κ3) is 2.80. The molecular weight excluding hydrogens is 278 g/mol. The molecule has 90 valence electrons. The normalized spacial score (nSPS) is 27.5. The molecule has 1 aromatic carbocycles. The Morgan fingerprint density at radius 1 is 1.59 bits per heavy atom. The van der Waals surface area contributed by atoms with Gasteiger partial charge in [0.25, 0.3) is 0 Å². The summed E-state index contributed by atoms with van der Waals surface area (Å²) in [7, 11) is 0. The first-order chi connectivity index (χ1) is 8.14. The van der Waals surface area contributed by atoms with Crippen LogP contribution < -0.4 is 5.32 Å². The zero-order valence-electron chi connectivity index (χ0n) is 9.87. The van der Waals surface area contributed by atoms with E-state index in [9.17, 15) is 4.79 Å². The van der Waals surface area contributed by atoms with Crippen molar-refractivity contribution in [2.45, 2.75) is 32.2 Å². The smallest absolute Gasteiger partial charge is 0.120 e. The van der Waals surface area contributed by atoms with Gasteiger partial charge in [0.05, 0.1) is 0 Å². The van der Waals surface area contributed by atoms with E-state index in [0.717, 1.165) is 29.4 Å². The van der Waals surface area contributed by atoms with E-state index < -0.39 is 0 Å². The molecule has 2 rings (SSSR count). The van der Waals surface area contributed by atoms with Crippen LogP contribution in [-0.2, 0) is 4.79 Å². The molecule has 2 atom stereocenters. The van der Waals surface area contributed by atoms with Crippen molar-refractivity contribution in [3.05, 3.63) is 34.8 Å². The lowest BCUT2D eigenvalue weighted by molar-refractivity contribution is 0.408. The van der Waals surface area contributed by atoms with Crippen LogP contribution in [0.15, 0.2) is 34.8 Å². The molecule has 1 saturated carbocycles. The second-order valence-electron chi connectivity index (χ2n) is 4.87. The van der Waals surface area contributed by atoms with Gasteiger partial charge >= 0.3 is 0 Å². The molecule has 0 radical (unpaired) electrons. The zero-order valence-corrected chi connectivity index (χ0v) is 11.5. The number of benzene rings is 1. The average molecular weight is 294 g/mol. The van der Waals surface area contributed by atoms with Gasteiger partial charge in [0.1, 0.15) is 5.94 Å². The molecule has 0 aromatic heterocycles. The van der Waals surface area contributed by atoms with Crippen molar-refractivity contribution in [1.82, 2.24) is 0 Å². The van der Waals surface area contributed by atoms with E-state index in [4.69, 9.17) is 0 Å². The monoisotopic (exact) mass is 293 g/mol. The predicted molar refractivity (Wildman–Crippen MR) is 73.8 cm³/mol. The maximum Gasteiger partial charge on any atom is 0.120 e. The second-order valence-corrected chi connectivity index (χ2v) is 5.78. The Labute approximate surface area is 110 Å². The number of halogens is 1. The maximum atomic E-state index is 10.6. The van der Waals surface area contributed by atoms with E-state index in [-0.39, 0.29) is 5.41 Å². The lowest BCUT2D eigenvalue weighted by Gasteiger charge is -2.28. The van der Waals surface area contributed by atoms with Crippen LogP contribution in [0.4, 0.5) is 5.69 Å². The highest BCUT2D eigenvalue weighted by Crippen LogP contribution is 2.40. The summed E-state index contributed by atoms with van der Waals surface area (Å²) in [6.07, 6.45) is 4.98. The Balaban J connectivity index is 2.15. The highest BCUT2D eigenvalue weighted by atomic mass is 79.9. The van der Waals surface area contributed by atoms with E-state index in [1.54, 1.807) is 6.08 Å². The van der Waals surface area contributed by atoms with Gasteiger partial charge in [-0.05, 0) is 31.0 Å². The highest BCUT2D eigenvalue weighted by molar-refractivity contribution is 9.10. The Kier molecular flexibility index (Phi) is 3.70. The quantitative estimate of drug-likeness (QED) is 0.859. The van der Waals surface area contributed by atoms with Crippen LogP contribution in [0.1, 0.15) is 26.2 Å². The molecule has 3 heteroatoms. The summed E-state index contributed by atoms with van der Waals surface area (Å²) in [4.78, 5) is 10.6. The molecule has 0 bridgehead atoms. The van der Waals surface area contributed by atoms with E-state index in [2.05, 4.69) is 34.2 Å². The summed E-state index contributed by atoms with van der Waals surface area (Å²) in [6, 6.07) is 8.44. The number of anilines is 1. The van der Waals surface area contributed by atoms with Crippen LogP contribution >= 0.6 is 15.9 Å². The first kappa shape index (κ1) is 12.4. The van der Waals surface area contributed by atoms with Gasteiger partial charge in [-0.3, -0.25) is 0 Å². The van der Waals surface area contributed by atoms with Gasteiger partial charge in [0.2, 0.25) is 0 Å². The summed E-state index contributed by atoms with van der Waals surface area (Å²) in [5.41, 5.74) is 1.03. The molecule has 0 amide bonds. The lowest BCUT2D eigenvalue weighted by atomic mass is 9.85. The zero-order chi connectivity index (χ0) is 12.3. The number of carbonyl (C=O) groups excluding carboxylic acids is 1. The maximum absolute atomic E-state index is 10.6. The van der Waals surface area contributed by atoms with Crippen LogP contribution in [0, 0.1) is 5.41 Å².